The molecule has 0 heterocycles. The van der Waals surface area contributed by atoms with Crippen LogP contribution in [0.2, 0.25) is 0 Å². The molecule has 0 aliphatic carbocycles. The quantitative estimate of drug-likeness (QED) is 0.596. The first-order valence-electron chi connectivity index (χ1n) is 5.43. The van der Waals surface area contributed by atoms with E-state index in [0.717, 1.165) is 5.33 Å². The molecule has 17 heavy (non-hydrogen) atoms. The van der Waals surface area contributed by atoms with Gasteiger partial charge in [-0.2, -0.15) is 0 Å². The summed E-state index contributed by atoms with van der Waals surface area (Å²) in [5.74, 6) is 0. The SMILES string of the molecule is CO[Si](OC)(OC)C(C)c1cccc(CBr)c1. The molecule has 0 aromatic heterocycles. The van der Waals surface area contributed by atoms with E-state index < -0.39 is 8.80 Å². The maximum atomic E-state index is 5.51. The first kappa shape index (κ1) is 14.9. The average Bonchev–Trinajstić information content (AvgIpc) is 2.41. The predicted octanol–water partition coefficient (Wildman–Crippen LogP) is 3.10. The van der Waals surface area contributed by atoms with Crippen molar-refractivity contribution in [2.45, 2.75) is 17.8 Å². The number of alkyl halides is 1. The summed E-state index contributed by atoms with van der Waals surface area (Å²) in [6.07, 6.45) is 0. The van der Waals surface area contributed by atoms with Crippen molar-refractivity contribution >= 4 is 24.7 Å². The van der Waals surface area contributed by atoms with Crippen LogP contribution in [0.5, 0.6) is 0 Å². The highest BCUT2D eigenvalue weighted by Gasteiger charge is 2.45. The Morgan fingerprint density at radius 1 is 1.18 bits per heavy atom. The summed E-state index contributed by atoms with van der Waals surface area (Å²) in [7, 11) is 2.32. The second-order valence-corrected chi connectivity index (χ2v) is 7.67. The van der Waals surface area contributed by atoms with E-state index >= 15 is 0 Å². The van der Waals surface area contributed by atoms with E-state index in [0.29, 0.717) is 0 Å². The molecule has 0 spiro atoms. The third kappa shape index (κ3) is 3.17. The molecule has 0 amide bonds. The number of benzene rings is 1. The van der Waals surface area contributed by atoms with Gasteiger partial charge in [-0.25, -0.2) is 0 Å². The Balaban J connectivity index is 3.04. The maximum absolute atomic E-state index is 5.51. The van der Waals surface area contributed by atoms with Crippen molar-refractivity contribution in [3.8, 4) is 0 Å². The summed E-state index contributed by atoms with van der Waals surface area (Å²) >= 11 is 3.46. The molecule has 96 valence electrons. The van der Waals surface area contributed by atoms with Crippen LogP contribution in [0.3, 0.4) is 0 Å². The van der Waals surface area contributed by atoms with Crippen LogP contribution in [0.4, 0.5) is 0 Å². The van der Waals surface area contributed by atoms with Crippen LogP contribution < -0.4 is 0 Å². The molecular weight excluding hydrogens is 300 g/mol. The first-order valence-corrected chi connectivity index (χ1v) is 8.36. The molecule has 0 aliphatic rings. The number of halogens is 1. The fourth-order valence-electron chi connectivity index (χ4n) is 1.93. The second-order valence-electron chi connectivity index (χ2n) is 3.82. The van der Waals surface area contributed by atoms with Gasteiger partial charge in [0.15, 0.2) is 0 Å². The number of hydrogen-bond acceptors (Lipinski definition) is 3. The van der Waals surface area contributed by atoms with E-state index in [1.54, 1.807) is 21.3 Å². The third-order valence-electron chi connectivity index (χ3n) is 2.99. The highest BCUT2D eigenvalue weighted by molar-refractivity contribution is 9.08. The molecule has 3 nitrogen and oxygen atoms in total. The smallest absolute Gasteiger partial charge is 0.376 e. The van der Waals surface area contributed by atoms with Gasteiger partial charge in [0.25, 0.3) is 0 Å². The number of rotatable bonds is 6. The van der Waals surface area contributed by atoms with Gasteiger partial charge in [-0.15, -0.1) is 0 Å². The van der Waals surface area contributed by atoms with E-state index in [1.807, 2.05) is 6.07 Å². The van der Waals surface area contributed by atoms with Crippen LogP contribution in [0.1, 0.15) is 23.6 Å². The lowest BCUT2D eigenvalue weighted by atomic mass is 10.1. The molecule has 0 saturated heterocycles. The normalized spacial score (nSPS) is 13.7. The largest absolute Gasteiger partial charge is 0.507 e. The van der Waals surface area contributed by atoms with Gasteiger partial charge in [-0.3, -0.25) is 0 Å². The minimum absolute atomic E-state index is 0.112. The lowest BCUT2D eigenvalue weighted by Crippen LogP contribution is -2.48. The number of hydrogen-bond donors (Lipinski definition) is 0. The minimum Gasteiger partial charge on any atom is -0.376 e. The van der Waals surface area contributed by atoms with E-state index in [1.165, 1.54) is 11.1 Å². The van der Waals surface area contributed by atoms with Crippen LogP contribution in [-0.2, 0) is 18.6 Å². The Morgan fingerprint density at radius 2 is 1.76 bits per heavy atom. The van der Waals surface area contributed by atoms with E-state index in [-0.39, 0.29) is 5.54 Å². The van der Waals surface area contributed by atoms with Crippen molar-refractivity contribution in [2.75, 3.05) is 21.3 Å². The first-order chi connectivity index (χ1) is 8.13. The molecule has 1 aromatic rings. The fourth-order valence-corrected chi connectivity index (χ4v) is 4.43. The van der Waals surface area contributed by atoms with Crippen molar-refractivity contribution in [1.82, 2.24) is 0 Å². The molecule has 0 fully saturated rings. The summed E-state index contributed by atoms with van der Waals surface area (Å²) in [6.45, 7) is 2.08. The monoisotopic (exact) mass is 318 g/mol. The van der Waals surface area contributed by atoms with Gasteiger partial charge in [-0.05, 0) is 11.1 Å². The van der Waals surface area contributed by atoms with Crippen LogP contribution in [0.15, 0.2) is 24.3 Å². The molecule has 0 radical (unpaired) electrons. The van der Waals surface area contributed by atoms with Gasteiger partial charge in [-0.1, -0.05) is 47.1 Å². The van der Waals surface area contributed by atoms with Gasteiger partial charge >= 0.3 is 8.80 Å². The zero-order chi connectivity index (χ0) is 12.9. The molecule has 1 rings (SSSR count). The summed E-state index contributed by atoms with van der Waals surface area (Å²) in [6, 6.07) is 8.36. The molecular formula is C12H19BrO3Si. The molecule has 0 bridgehead atoms. The minimum atomic E-state index is -2.61. The van der Waals surface area contributed by atoms with Gasteiger partial charge in [0.1, 0.15) is 0 Å². The lowest BCUT2D eigenvalue weighted by Gasteiger charge is -2.30. The zero-order valence-corrected chi connectivity index (χ0v) is 13.3. The van der Waals surface area contributed by atoms with Crippen LogP contribution in [0, 0.1) is 0 Å². The summed E-state index contributed by atoms with van der Waals surface area (Å²) in [4.78, 5) is 0. The topological polar surface area (TPSA) is 27.7 Å². The van der Waals surface area contributed by atoms with Gasteiger partial charge in [0, 0.05) is 26.7 Å². The van der Waals surface area contributed by atoms with E-state index in [9.17, 15) is 0 Å². The van der Waals surface area contributed by atoms with Gasteiger partial charge in [0.2, 0.25) is 0 Å². The van der Waals surface area contributed by atoms with Crippen LogP contribution in [0.25, 0.3) is 0 Å². The molecule has 0 N–H and O–H groups in total. The van der Waals surface area contributed by atoms with Crippen molar-refractivity contribution in [3.05, 3.63) is 35.4 Å². The van der Waals surface area contributed by atoms with Crippen LogP contribution >= 0.6 is 15.9 Å². The lowest BCUT2D eigenvalue weighted by molar-refractivity contribution is 0.114. The molecule has 1 aromatic carbocycles. The Labute approximate surface area is 113 Å². The summed E-state index contributed by atoms with van der Waals surface area (Å²) in [5.41, 5.74) is 2.53. The summed E-state index contributed by atoms with van der Waals surface area (Å²) < 4.78 is 16.5. The van der Waals surface area contributed by atoms with Crippen molar-refractivity contribution in [2.24, 2.45) is 0 Å². The molecule has 0 aliphatic heterocycles. The third-order valence-corrected chi connectivity index (χ3v) is 6.74. The average molecular weight is 319 g/mol. The van der Waals surface area contributed by atoms with Gasteiger partial charge in [0.05, 0.1) is 5.54 Å². The predicted molar refractivity (Wildman–Crippen MR) is 74.3 cm³/mol. The molecule has 5 heteroatoms. The van der Waals surface area contributed by atoms with Crippen molar-refractivity contribution < 1.29 is 13.3 Å². The summed E-state index contributed by atoms with van der Waals surface area (Å²) in [5, 5.41) is 0.842. The standard InChI is InChI=1S/C12H19BrO3Si/c1-10(17(14-2,15-3)16-4)12-7-5-6-11(8-12)9-13/h5-8,10H,9H2,1-4H3. The highest BCUT2D eigenvalue weighted by Crippen LogP contribution is 2.29. The fraction of sp³-hybridized carbons (Fsp3) is 0.500. The Bertz CT molecular complexity index is 347. The van der Waals surface area contributed by atoms with E-state index in [4.69, 9.17) is 13.3 Å². The highest BCUT2D eigenvalue weighted by atomic mass is 79.9. The second kappa shape index (κ2) is 6.66. The van der Waals surface area contributed by atoms with Crippen LogP contribution in [-0.4, -0.2) is 30.1 Å². The maximum Gasteiger partial charge on any atom is 0.507 e. The van der Waals surface area contributed by atoms with Crippen molar-refractivity contribution in [3.63, 3.8) is 0 Å². The molecule has 0 saturated carbocycles. The Morgan fingerprint density at radius 3 is 2.24 bits per heavy atom. The Hall–Kier alpha value is -0.203. The van der Waals surface area contributed by atoms with Gasteiger partial charge < -0.3 is 13.3 Å². The Kier molecular flexibility index (Phi) is 5.82. The molecule has 1 atom stereocenters. The van der Waals surface area contributed by atoms with E-state index in [2.05, 4.69) is 41.1 Å². The van der Waals surface area contributed by atoms with Crippen molar-refractivity contribution in [1.29, 1.82) is 0 Å². The zero-order valence-electron chi connectivity index (χ0n) is 10.7. The molecule has 1 unspecified atom stereocenters.